The minimum Gasteiger partial charge on any atom is -0.309 e. The average Bonchev–Trinajstić information content (AvgIpc) is 2.40. The summed E-state index contributed by atoms with van der Waals surface area (Å²) in [6.07, 6.45) is 0.667. The molecular formula is C13H19BrClFN2O2S. The molecule has 0 aliphatic carbocycles. The molecular weight excluding hydrogens is 383 g/mol. The summed E-state index contributed by atoms with van der Waals surface area (Å²) < 4.78 is 40.8. The van der Waals surface area contributed by atoms with E-state index >= 15 is 0 Å². The zero-order chi connectivity index (χ0) is 16.2. The molecule has 0 spiro atoms. The monoisotopic (exact) mass is 400 g/mol. The van der Waals surface area contributed by atoms with Gasteiger partial charge in [0.15, 0.2) is 0 Å². The molecule has 0 unspecified atom stereocenters. The molecule has 0 amide bonds. The fourth-order valence-corrected chi connectivity index (χ4v) is 3.99. The lowest BCUT2D eigenvalue weighted by Crippen LogP contribution is -2.30. The minimum atomic E-state index is -3.87. The van der Waals surface area contributed by atoms with Gasteiger partial charge in [-0.1, -0.05) is 15.9 Å². The first-order chi connectivity index (χ1) is 9.70. The van der Waals surface area contributed by atoms with Gasteiger partial charge in [0, 0.05) is 23.6 Å². The van der Waals surface area contributed by atoms with E-state index in [1.54, 1.807) is 0 Å². The average molecular weight is 402 g/mol. The van der Waals surface area contributed by atoms with Gasteiger partial charge in [-0.15, -0.1) is 11.6 Å². The molecule has 0 N–H and O–H groups in total. The SMILES string of the molecule is CN(C)CCCN(C)S(=O)(=O)c1cc(Br)cc(CCl)c1F. The Morgan fingerprint density at radius 3 is 2.38 bits per heavy atom. The van der Waals surface area contributed by atoms with Gasteiger partial charge in [0.25, 0.3) is 0 Å². The number of sulfonamides is 1. The van der Waals surface area contributed by atoms with E-state index in [0.29, 0.717) is 17.4 Å². The standard InChI is InChI=1S/C13H19BrClFN2O2S/c1-17(2)5-4-6-18(3)21(19,20)12-8-11(14)7-10(9-15)13(12)16/h7-8H,4-6,9H2,1-3H3. The van der Waals surface area contributed by atoms with E-state index in [9.17, 15) is 12.8 Å². The van der Waals surface area contributed by atoms with Crippen LogP contribution < -0.4 is 0 Å². The zero-order valence-electron chi connectivity index (χ0n) is 12.2. The van der Waals surface area contributed by atoms with Crippen LogP contribution in [0.15, 0.2) is 21.5 Å². The molecule has 1 rings (SSSR count). The van der Waals surface area contributed by atoms with Gasteiger partial charge in [-0.2, -0.15) is 0 Å². The van der Waals surface area contributed by atoms with Gasteiger partial charge in [-0.3, -0.25) is 0 Å². The fourth-order valence-electron chi connectivity index (χ4n) is 1.80. The second-order valence-corrected chi connectivity index (χ2v) is 8.19. The zero-order valence-corrected chi connectivity index (χ0v) is 15.4. The summed E-state index contributed by atoms with van der Waals surface area (Å²) in [6.45, 7) is 1.08. The van der Waals surface area contributed by atoms with E-state index in [-0.39, 0.29) is 16.3 Å². The molecule has 0 fully saturated rings. The molecule has 1 aromatic rings. The van der Waals surface area contributed by atoms with E-state index < -0.39 is 15.8 Å². The smallest absolute Gasteiger partial charge is 0.245 e. The van der Waals surface area contributed by atoms with Crippen molar-refractivity contribution in [3.05, 3.63) is 28.0 Å². The maximum absolute atomic E-state index is 14.2. The van der Waals surface area contributed by atoms with Crippen LogP contribution in [0.2, 0.25) is 0 Å². The van der Waals surface area contributed by atoms with Gasteiger partial charge in [-0.25, -0.2) is 17.1 Å². The Bertz CT molecular complexity index is 596. The first kappa shape index (κ1) is 18.8. The molecule has 4 nitrogen and oxygen atoms in total. The molecule has 0 aliphatic heterocycles. The van der Waals surface area contributed by atoms with Crippen LogP contribution in [0.4, 0.5) is 4.39 Å². The topological polar surface area (TPSA) is 40.6 Å². The van der Waals surface area contributed by atoms with E-state index in [1.165, 1.54) is 23.5 Å². The summed E-state index contributed by atoms with van der Waals surface area (Å²) in [5, 5.41) is 0. The second kappa shape index (κ2) is 7.87. The minimum absolute atomic E-state index is 0.0852. The Labute approximate surface area is 139 Å². The fraction of sp³-hybridized carbons (Fsp3) is 0.538. The molecule has 0 saturated heterocycles. The number of benzene rings is 1. The van der Waals surface area contributed by atoms with Crippen molar-refractivity contribution in [3.63, 3.8) is 0 Å². The molecule has 0 radical (unpaired) electrons. The molecule has 0 saturated carbocycles. The van der Waals surface area contributed by atoms with Crippen LogP contribution in [-0.2, 0) is 15.9 Å². The maximum atomic E-state index is 14.2. The number of halogens is 3. The maximum Gasteiger partial charge on any atom is 0.245 e. The lowest BCUT2D eigenvalue weighted by Gasteiger charge is -2.19. The number of rotatable bonds is 7. The number of hydrogen-bond donors (Lipinski definition) is 0. The predicted octanol–water partition coefficient (Wildman–Crippen LogP) is 2.90. The Balaban J connectivity index is 3.05. The molecule has 120 valence electrons. The van der Waals surface area contributed by atoms with Gasteiger partial charge in [-0.05, 0) is 39.2 Å². The van der Waals surface area contributed by atoms with Crippen LogP contribution in [0.25, 0.3) is 0 Å². The Hall–Kier alpha value is -0.210. The lowest BCUT2D eigenvalue weighted by atomic mass is 10.2. The molecule has 0 heterocycles. The number of alkyl halides is 1. The summed E-state index contributed by atoms with van der Waals surface area (Å²) in [7, 11) is 1.40. The Kier molecular flexibility index (Phi) is 7.06. The van der Waals surface area contributed by atoms with Crippen LogP contribution in [0.5, 0.6) is 0 Å². The van der Waals surface area contributed by atoms with Crippen molar-refractivity contribution in [2.24, 2.45) is 0 Å². The molecule has 0 aliphatic rings. The highest BCUT2D eigenvalue weighted by Crippen LogP contribution is 2.27. The quantitative estimate of drug-likeness (QED) is 0.660. The second-order valence-electron chi connectivity index (χ2n) is 4.99. The molecule has 8 heteroatoms. The van der Waals surface area contributed by atoms with Crippen molar-refractivity contribution in [2.45, 2.75) is 17.2 Å². The van der Waals surface area contributed by atoms with Crippen molar-refractivity contribution in [1.82, 2.24) is 9.21 Å². The third kappa shape index (κ3) is 4.89. The van der Waals surface area contributed by atoms with Gasteiger partial charge in [0.05, 0.1) is 5.88 Å². The van der Waals surface area contributed by atoms with Gasteiger partial charge in [0.2, 0.25) is 10.0 Å². The van der Waals surface area contributed by atoms with E-state index in [2.05, 4.69) is 15.9 Å². The van der Waals surface area contributed by atoms with Gasteiger partial charge >= 0.3 is 0 Å². The van der Waals surface area contributed by atoms with Crippen molar-refractivity contribution >= 4 is 37.6 Å². The van der Waals surface area contributed by atoms with Crippen LogP contribution >= 0.6 is 27.5 Å². The third-order valence-corrected chi connectivity index (χ3v) is 5.59. The summed E-state index contributed by atoms with van der Waals surface area (Å²) in [5.41, 5.74) is 0.159. The van der Waals surface area contributed by atoms with E-state index in [1.807, 2.05) is 19.0 Å². The molecule has 0 atom stereocenters. The summed E-state index contributed by atoms with van der Waals surface area (Å²) >= 11 is 8.84. The normalized spacial score (nSPS) is 12.4. The predicted molar refractivity (Wildman–Crippen MR) is 86.6 cm³/mol. The highest BCUT2D eigenvalue weighted by atomic mass is 79.9. The van der Waals surface area contributed by atoms with Crippen molar-refractivity contribution in [2.75, 3.05) is 34.2 Å². The summed E-state index contributed by atoms with van der Waals surface area (Å²) in [5.74, 6) is -0.870. The molecule has 21 heavy (non-hydrogen) atoms. The third-order valence-electron chi connectivity index (χ3n) is 2.99. The van der Waals surface area contributed by atoms with E-state index in [0.717, 1.165) is 6.54 Å². The number of hydrogen-bond acceptors (Lipinski definition) is 3. The van der Waals surface area contributed by atoms with Crippen LogP contribution in [0, 0.1) is 5.82 Å². The Morgan fingerprint density at radius 2 is 1.86 bits per heavy atom. The van der Waals surface area contributed by atoms with Crippen molar-refractivity contribution < 1.29 is 12.8 Å². The highest BCUT2D eigenvalue weighted by Gasteiger charge is 2.26. The van der Waals surface area contributed by atoms with Crippen LogP contribution in [0.1, 0.15) is 12.0 Å². The molecule has 0 aromatic heterocycles. The Morgan fingerprint density at radius 1 is 1.24 bits per heavy atom. The summed E-state index contributed by atoms with van der Waals surface area (Å²) in [6, 6.07) is 2.75. The van der Waals surface area contributed by atoms with Gasteiger partial charge < -0.3 is 4.90 Å². The summed E-state index contributed by atoms with van der Waals surface area (Å²) in [4.78, 5) is 1.62. The lowest BCUT2D eigenvalue weighted by molar-refractivity contribution is 0.369. The molecule has 0 bridgehead atoms. The van der Waals surface area contributed by atoms with Gasteiger partial charge in [0.1, 0.15) is 10.7 Å². The van der Waals surface area contributed by atoms with Crippen molar-refractivity contribution in [1.29, 1.82) is 0 Å². The van der Waals surface area contributed by atoms with E-state index in [4.69, 9.17) is 11.6 Å². The first-order valence-corrected chi connectivity index (χ1v) is 9.12. The van der Waals surface area contributed by atoms with Crippen LogP contribution in [-0.4, -0.2) is 51.9 Å². The van der Waals surface area contributed by atoms with Crippen LogP contribution in [0.3, 0.4) is 0 Å². The molecule has 1 aromatic carbocycles. The largest absolute Gasteiger partial charge is 0.309 e. The first-order valence-electron chi connectivity index (χ1n) is 6.35. The highest BCUT2D eigenvalue weighted by molar-refractivity contribution is 9.10. The number of nitrogens with zero attached hydrogens (tertiary/aromatic N) is 2. The van der Waals surface area contributed by atoms with Crippen molar-refractivity contribution in [3.8, 4) is 0 Å².